The zero-order valence-electron chi connectivity index (χ0n) is 10.0. The number of piperidine rings is 1. The molecule has 1 aliphatic heterocycles. The maximum absolute atomic E-state index is 11.8. The molecule has 0 spiro atoms. The molecule has 17 heavy (non-hydrogen) atoms. The molecule has 0 atom stereocenters. The first-order valence-corrected chi connectivity index (χ1v) is 6.99. The van der Waals surface area contributed by atoms with Crippen LogP contribution in [0.1, 0.15) is 26.7 Å². The highest BCUT2D eigenvalue weighted by molar-refractivity contribution is 7.87. The van der Waals surface area contributed by atoms with E-state index in [0.717, 1.165) is 0 Å². The first-order valence-electron chi connectivity index (χ1n) is 5.55. The lowest BCUT2D eigenvalue weighted by Gasteiger charge is -2.28. The van der Waals surface area contributed by atoms with Crippen LogP contribution in [0.4, 0.5) is 4.79 Å². The highest BCUT2D eigenvalue weighted by atomic mass is 32.2. The smallest absolute Gasteiger partial charge is 0.422 e. The molecule has 0 unspecified atom stereocenters. The summed E-state index contributed by atoms with van der Waals surface area (Å²) in [6.07, 6.45) is -0.116. The summed E-state index contributed by atoms with van der Waals surface area (Å²) in [5, 5.41) is 0. The van der Waals surface area contributed by atoms with Gasteiger partial charge in [-0.1, -0.05) is 0 Å². The van der Waals surface area contributed by atoms with Gasteiger partial charge in [0.15, 0.2) is 0 Å². The molecule has 1 aliphatic rings. The van der Waals surface area contributed by atoms with E-state index in [1.807, 2.05) is 4.72 Å². The van der Waals surface area contributed by atoms with Gasteiger partial charge in [0.25, 0.3) is 0 Å². The maximum Gasteiger partial charge on any atom is 0.422 e. The van der Waals surface area contributed by atoms with Crippen LogP contribution in [-0.4, -0.2) is 44.1 Å². The van der Waals surface area contributed by atoms with Gasteiger partial charge in [-0.2, -0.15) is 12.7 Å². The van der Waals surface area contributed by atoms with Crippen LogP contribution < -0.4 is 10.5 Å². The monoisotopic (exact) mass is 265 g/mol. The lowest BCUT2D eigenvalue weighted by molar-refractivity contribution is 0.121. The fourth-order valence-corrected chi connectivity index (χ4v) is 2.60. The number of nitrogens with zero attached hydrogens (tertiary/aromatic N) is 1. The molecule has 0 radical (unpaired) electrons. The van der Waals surface area contributed by atoms with E-state index >= 15 is 0 Å². The molecule has 0 aromatic heterocycles. The molecule has 100 valence electrons. The number of carbonyl (C=O) groups is 1. The standard InChI is InChI=1S/C9H19N3O4S/c1-7(2)16-9(13)11-17(14,15)12-5-3-8(10)4-6-12/h7-8H,3-6,10H2,1-2H3,(H,11,13). The number of rotatable bonds is 3. The number of amides is 1. The number of ether oxygens (including phenoxy) is 1. The summed E-state index contributed by atoms with van der Waals surface area (Å²) in [6.45, 7) is 3.94. The third-order valence-electron chi connectivity index (χ3n) is 2.39. The highest BCUT2D eigenvalue weighted by Crippen LogP contribution is 2.11. The van der Waals surface area contributed by atoms with Gasteiger partial charge < -0.3 is 10.5 Å². The highest BCUT2D eigenvalue weighted by Gasteiger charge is 2.28. The molecule has 3 N–H and O–H groups in total. The molecular formula is C9H19N3O4S. The van der Waals surface area contributed by atoms with Gasteiger partial charge in [-0.15, -0.1) is 0 Å². The van der Waals surface area contributed by atoms with Crippen molar-refractivity contribution in [2.75, 3.05) is 13.1 Å². The van der Waals surface area contributed by atoms with Gasteiger partial charge in [0, 0.05) is 19.1 Å². The Labute approximate surface area is 101 Å². The van der Waals surface area contributed by atoms with Gasteiger partial charge in [0.05, 0.1) is 6.10 Å². The minimum atomic E-state index is -3.80. The van der Waals surface area contributed by atoms with E-state index in [1.165, 1.54) is 4.31 Å². The summed E-state index contributed by atoms with van der Waals surface area (Å²) in [5.74, 6) is 0. The number of carbonyl (C=O) groups excluding carboxylic acids is 1. The molecule has 8 heteroatoms. The zero-order chi connectivity index (χ0) is 13.1. The van der Waals surface area contributed by atoms with Crippen LogP contribution in [0.3, 0.4) is 0 Å². The van der Waals surface area contributed by atoms with Gasteiger partial charge in [0.2, 0.25) is 0 Å². The van der Waals surface area contributed by atoms with Gasteiger partial charge in [-0.3, -0.25) is 0 Å². The van der Waals surface area contributed by atoms with Crippen molar-refractivity contribution in [3.63, 3.8) is 0 Å². The third-order valence-corrected chi connectivity index (χ3v) is 3.86. The van der Waals surface area contributed by atoms with Gasteiger partial charge in [-0.25, -0.2) is 9.52 Å². The average molecular weight is 265 g/mol. The van der Waals surface area contributed by atoms with E-state index in [1.54, 1.807) is 13.8 Å². The van der Waals surface area contributed by atoms with E-state index < -0.39 is 16.3 Å². The molecule has 1 heterocycles. The fraction of sp³-hybridized carbons (Fsp3) is 0.889. The molecule has 0 aliphatic carbocycles. The van der Waals surface area contributed by atoms with Crippen molar-refractivity contribution >= 4 is 16.3 Å². The molecule has 1 amide bonds. The second kappa shape index (κ2) is 5.65. The predicted octanol–water partition coefficient (Wildman–Crippen LogP) is -0.211. The molecule has 1 rings (SSSR count). The van der Waals surface area contributed by atoms with Crippen LogP contribution in [0.25, 0.3) is 0 Å². The molecule has 0 aromatic rings. The SMILES string of the molecule is CC(C)OC(=O)NS(=O)(=O)N1CCC(N)CC1. The minimum Gasteiger partial charge on any atom is -0.446 e. The molecule has 0 aromatic carbocycles. The van der Waals surface area contributed by atoms with Crippen molar-refractivity contribution in [3.05, 3.63) is 0 Å². The van der Waals surface area contributed by atoms with Crippen LogP contribution in [0.15, 0.2) is 0 Å². The summed E-state index contributed by atoms with van der Waals surface area (Å²) >= 11 is 0. The summed E-state index contributed by atoms with van der Waals surface area (Å²) in [7, 11) is -3.80. The van der Waals surface area contributed by atoms with Crippen molar-refractivity contribution in [3.8, 4) is 0 Å². The second-order valence-corrected chi connectivity index (χ2v) is 5.97. The molecule has 0 saturated carbocycles. The Hall–Kier alpha value is -0.860. The zero-order valence-corrected chi connectivity index (χ0v) is 10.9. The van der Waals surface area contributed by atoms with Crippen molar-refractivity contribution in [2.45, 2.75) is 38.8 Å². The van der Waals surface area contributed by atoms with Gasteiger partial charge in [-0.05, 0) is 26.7 Å². The summed E-state index contributed by atoms with van der Waals surface area (Å²) in [4.78, 5) is 11.2. The lowest BCUT2D eigenvalue weighted by atomic mass is 10.1. The number of hydrogen-bond donors (Lipinski definition) is 2. The van der Waals surface area contributed by atoms with Crippen molar-refractivity contribution in [1.29, 1.82) is 0 Å². The Morgan fingerprint density at radius 1 is 1.41 bits per heavy atom. The van der Waals surface area contributed by atoms with Gasteiger partial charge in [0.1, 0.15) is 0 Å². The molecule has 1 saturated heterocycles. The predicted molar refractivity (Wildman–Crippen MR) is 62.5 cm³/mol. The maximum atomic E-state index is 11.8. The third kappa shape index (κ3) is 4.49. The van der Waals surface area contributed by atoms with Crippen LogP contribution in [0.2, 0.25) is 0 Å². The first kappa shape index (κ1) is 14.2. The molecule has 1 fully saturated rings. The number of hydrogen-bond acceptors (Lipinski definition) is 5. The average Bonchev–Trinajstić information content (AvgIpc) is 2.15. The lowest BCUT2D eigenvalue weighted by Crippen LogP contribution is -2.49. The summed E-state index contributed by atoms with van der Waals surface area (Å²) < 4.78 is 31.3. The Balaban J connectivity index is 2.54. The van der Waals surface area contributed by atoms with Crippen LogP contribution in [-0.2, 0) is 14.9 Å². The Bertz CT molecular complexity index is 360. The van der Waals surface area contributed by atoms with Crippen LogP contribution >= 0.6 is 0 Å². The van der Waals surface area contributed by atoms with Crippen molar-refractivity contribution < 1.29 is 17.9 Å². The van der Waals surface area contributed by atoms with E-state index in [-0.39, 0.29) is 12.1 Å². The Kier molecular flexibility index (Phi) is 4.72. The van der Waals surface area contributed by atoms with E-state index in [0.29, 0.717) is 25.9 Å². The van der Waals surface area contributed by atoms with E-state index in [2.05, 4.69) is 0 Å². The minimum absolute atomic E-state index is 0.0315. The second-order valence-electron chi connectivity index (χ2n) is 4.30. The van der Waals surface area contributed by atoms with Crippen LogP contribution in [0, 0.1) is 0 Å². The first-order chi connectivity index (χ1) is 7.81. The molecular weight excluding hydrogens is 246 g/mol. The van der Waals surface area contributed by atoms with E-state index in [4.69, 9.17) is 10.5 Å². The van der Waals surface area contributed by atoms with Crippen molar-refractivity contribution in [2.24, 2.45) is 5.73 Å². The quantitative estimate of drug-likeness (QED) is 0.735. The molecule has 0 bridgehead atoms. The Morgan fingerprint density at radius 2 is 1.94 bits per heavy atom. The largest absolute Gasteiger partial charge is 0.446 e. The van der Waals surface area contributed by atoms with Crippen LogP contribution in [0.5, 0.6) is 0 Å². The van der Waals surface area contributed by atoms with Crippen molar-refractivity contribution in [1.82, 2.24) is 9.03 Å². The number of nitrogens with two attached hydrogens (primary N) is 1. The topological polar surface area (TPSA) is 102 Å². The van der Waals surface area contributed by atoms with E-state index in [9.17, 15) is 13.2 Å². The Morgan fingerprint density at radius 3 is 2.41 bits per heavy atom. The summed E-state index contributed by atoms with van der Waals surface area (Å²) in [5.41, 5.74) is 5.67. The van der Waals surface area contributed by atoms with Gasteiger partial charge >= 0.3 is 16.3 Å². The number of nitrogens with one attached hydrogen (secondary N) is 1. The normalized spacial score (nSPS) is 19.3. The molecule has 7 nitrogen and oxygen atoms in total. The fourth-order valence-electron chi connectivity index (χ4n) is 1.52. The summed E-state index contributed by atoms with van der Waals surface area (Å²) in [6, 6.07) is 0.0315.